The van der Waals surface area contributed by atoms with E-state index in [2.05, 4.69) is 0 Å². The Morgan fingerprint density at radius 2 is 1.00 bits per heavy atom. The molecule has 0 N–H and O–H groups in total. The Morgan fingerprint density at radius 3 is 1.00 bits per heavy atom. The van der Waals surface area contributed by atoms with Gasteiger partial charge in [-0.15, -0.1) is 0 Å². The summed E-state index contributed by atoms with van der Waals surface area (Å²) in [6.07, 6.45) is 0. The second kappa shape index (κ2) is 8.67. The molecule has 0 saturated carbocycles. The van der Waals surface area contributed by atoms with E-state index in [9.17, 15) is 0 Å². The summed E-state index contributed by atoms with van der Waals surface area (Å²) in [5.74, 6) is 0. The summed E-state index contributed by atoms with van der Waals surface area (Å²) in [4.78, 5) is 0. The third-order valence-electron chi connectivity index (χ3n) is 0. The SMILES string of the molecule is O=S(=O)([O-])[O-].[O-2].[Pb+2].[Pb+2]. The predicted molar refractivity (Wildman–Crippen MR) is 22.7 cm³/mol. The van der Waals surface area contributed by atoms with E-state index in [-0.39, 0.29) is 60.1 Å². The second-order valence-electron chi connectivity index (χ2n) is 0.408. The van der Waals surface area contributed by atoms with Gasteiger partial charge in [0.25, 0.3) is 0 Å². The largest absolute Gasteiger partial charge is 2.00 e. The Bertz CT molecular complexity index is 93.6. The monoisotopic (exact) mass is 528 g/mol. The molecule has 0 fully saturated rings. The average Bonchev–Trinajstić information content (AvgIpc) is 0.722. The minimum Gasteiger partial charge on any atom is -2.00 e. The topological polar surface area (TPSA) is 109 Å². The first kappa shape index (κ1) is 22.6. The third-order valence-corrected chi connectivity index (χ3v) is 0. The molecule has 44 valence electrons. The van der Waals surface area contributed by atoms with E-state index >= 15 is 0 Å². The van der Waals surface area contributed by atoms with Crippen molar-refractivity contribution in [3.8, 4) is 0 Å². The zero-order valence-corrected chi connectivity index (χ0v) is 12.0. The maximum absolute atomic E-state index is 8.52. The zero-order chi connectivity index (χ0) is 4.50. The van der Waals surface area contributed by atoms with Crippen LogP contribution in [0.1, 0.15) is 0 Å². The Morgan fingerprint density at radius 1 is 1.00 bits per heavy atom. The third kappa shape index (κ3) is 122. The molecule has 0 atom stereocenters. The molecule has 0 aromatic carbocycles. The summed E-state index contributed by atoms with van der Waals surface area (Å²) in [5, 5.41) is 0. The molecule has 8 heavy (non-hydrogen) atoms. The van der Waals surface area contributed by atoms with Gasteiger partial charge in [-0.2, -0.15) is 0 Å². The van der Waals surface area contributed by atoms with Crippen LogP contribution in [0.4, 0.5) is 0 Å². The van der Waals surface area contributed by atoms with Crippen molar-refractivity contribution in [2.75, 3.05) is 0 Å². The van der Waals surface area contributed by atoms with Crippen LogP contribution in [-0.4, -0.2) is 72.1 Å². The van der Waals surface area contributed by atoms with E-state index in [0.717, 1.165) is 0 Å². The van der Waals surface area contributed by atoms with E-state index in [4.69, 9.17) is 17.5 Å². The van der Waals surface area contributed by atoms with Crippen molar-refractivity contribution in [1.29, 1.82) is 0 Å². The van der Waals surface area contributed by atoms with Gasteiger partial charge >= 0.3 is 54.6 Å². The predicted octanol–water partition coefficient (Wildman–Crippen LogP) is -2.22. The minimum absolute atomic E-state index is 0. The summed E-state index contributed by atoms with van der Waals surface area (Å²) in [6, 6.07) is 0. The van der Waals surface area contributed by atoms with Gasteiger partial charge in [0.2, 0.25) is 0 Å². The van der Waals surface area contributed by atoms with E-state index in [1.807, 2.05) is 0 Å². The fraction of sp³-hybridized carbons (Fsp3) is 0. The van der Waals surface area contributed by atoms with Crippen LogP contribution in [0.5, 0.6) is 0 Å². The Labute approximate surface area is 87.1 Å². The van der Waals surface area contributed by atoms with Crippen LogP contribution in [0.2, 0.25) is 0 Å². The first-order valence-electron chi connectivity index (χ1n) is 0.667. The molecule has 8 heteroatoms. The number of hydrogen-bond donors (Lipinski definition) is 0. The standard InChI is InChI=1S/H2O4S.O.2Pb/c1-5(2,3)4;;;/h(H2,1,2,3,4);;;/q;-2;2*+2/p-2. The van der Waals surface area contributed by atoms with Crippen LogP contribution in [0.3, 0.4) is 0 Å². The quantitative estimate of drug-likeness (QED) is 0.203. The molecule has 0 aromatic heterocycles. The molecule has 5 nitrogen and oxygen atoms in total. The molecule has 0 rings (SSSR count). The molecule has 0 aliphatic heterocycles. The summed E-state index contributed by atoms with van der Waals surface area (Å²) < 4.78 is 34.1. The van der Waals surface area contributed by atoms with Gasteiger partial charge in [0.15, 0.2) is 0 Å². The van der Waals surface area contributed by atoms with Crippen LogP contribution in [-0.2, 0) is 15.9 Å². The molecule has 0 heterocycles. The van der Waals surface area contributed by atoms with Crippen molar-refractivity contribution in [2.24, 2.45) is 0 Å². The minimum atomic E-state index is -5.17. The van der Waals surface area contributed by atoms with Crippen molar-refractivity contribution in [2.45, 2.75) is 0 Å². The van der Waals surface area contributed by atoms with E-state index < -0.39 is 10.4 Å². The van der Waals surface area contributed by atoms with Gasteiger partial charge in [-0.3, -0.25) is 8.42 Å². The van der Waals surface area contributed by atoms with E-state index in [1.54, 1.807) is 0 Å². The van der Waals surface area contributed by atoms with Crippen LogP contribution in [0.15, 0.2) is 0 Å². The van der Waals surface area contributed by atoms with Crippen molar-refractivity contribution in [3.63, 3.8) is 0 Å². The van der Waals surface area contributed by atoms with Gasteiger partial charge in [0.1, 0.15) is 0 Å². The second-order valence-corrected chi connectivity index (χ2v) is 1.22. The van der Waals surface area contributed by atoms with Gasteiger partial charge in [0.05, 0.1) is 0 Å². The van der Waals surface area contributed by atoms with E-state index in [0.29, 0.717) is 0 Å². The Hall–Kier alpha value is 1.67. The van der Waals surface area contributed by atoms with Gasteiger partial charge in [-0.05, 0) is 0 Å². The summed E-state index contributed by atoms with van der Waals surface area (Å²) in [6.45, 7) is 0. The van der Waals surface area contributed by atoms with Gasteiger partial charge in [-0.25, -0.2) is 0 Å². The first-order chi connectivity index (χ1) is 2.00. The molecule has 0 spiro atoms. The Balaban J connectivity index is -0.0000000267. The zero-order valence-electron chi connectivity index (χ0n) is 3.45. The molecule has 0 aliphatic rings. The van der Waals surface area contributed by atoms with Crippen LogP contribution >= 0.6 is 0 Å². The normalized spacial score (nSPS) is 7.25. The number of hydrogen-bond acceptors (Lipinski definition) is 4. The van der Waals surface area contributed by atoms with Crippen LogP contribution in [0.25, 0.3) is 0 Å². The van der Waals surface area contributed by atoms with E-state index in [1.165, 1.54) is 0 Å². The average molecular weight is 526 g/mol. The van der Waals surface area contributed by atoms with Gasteiger partial charge < -0.3 is 14.6 Å². The van der Waals surface area contributed by atoms with Crippen molar-refractivity contribution in [3.05, 3.63) is 0 Å². The molecule has 0 amide bonds. The fourth-order valence-corrected chi connectivity index (χ4v) is 0. The summed E-state index contributed by atoms with van der Waals surface area (Å²) in [5.41, 5.74) is 0. The maximum Gasteiger partial charge on any atom is 2.00 e. The van der Waals surface area contributed by atoms with Crippen molar-refractivity contribution < 1.29 is 23.0 Å². The molecule has 0 unspecified atom stereocenters. The fourth-order valence-electron chi connectivity index (χ4n) is 0. The molecule has 4 radical (unpaired) electrons. The van der Waals surface area contributed by atoms with Crippen molar-refractivity contribution >= 4 is 65.0 Å². The smallest absolute Gasteiger partial charge is 2.00 e. The van der Waals surface area contributed by atoms with Crippen molar-refractivity contribution in [1.82, 2.24) is 0 Å². The molecule has 0 saturated heterocycles. The summed E-state index contributed by atoms with van der Waals surface area (Å²) >= 11 is 0. The molecule has 0 aliphatic carbocycles. The van der Waals surface area contributed by atoms with Crippen LogP contribution in [0, 0.1) is 0 Å². The number of rotatable bonds is 0. The summed E-state index contributed by atoms with van der Waals surface area (Å²) in [7, 11) is -5.17. The van der Waals surface area contributed by atoms with Gasteiger partial charge in [-0.1, -0.05) is 0 Å². The molecular weight excluding hydrogens is 526 g/mol. The Kier molecular flexibility index (Phi) is 24.5. The first-order valence-corrected chi connectivity index (χ1v) is 2.00. The molecular formula is O5Pb2S. The molecule has 0 bridgehead atoms. The van der Waals surface area contributed by atoms with Gasteiger partial charge in [0, 0.05) is 10.4 Å². The molecule has 0 aromatic rings. The maximum atomic E-state index is 8.52. The van der Waals surface area contributed by atoms with Crippen LogP contribution < -0.4 is 0 Å².